The van der Waals surface area contributed by atoms with Crippen molar-refractivity contribution in [2.45, 2.75) is 17.4 Å². The minimum Gasteiger partial charge on any atom is -0.325 e. The molecule has 0 saturated heterocycles. The van der Waals surface area contributed by atoms with Gasteiger partial charge in [0.2, 0.25) is 11.8 Å². The summed E-state index contributed by atoms with van der Waals surface area (Å²) in [5.41, 5.74) is 6.89. The van der Waals surface area contributed by atoms with Crippen molar-refractivity contribution in [3.8, 4) is 12.3 Å². The summed E-state index contributed by atoms with van der Waals surface area (Å²) in [5, 5.41) is 5.42. The molecule has 2 amide bonds. The number of benzene rings is 1. The summed E-state index contributed by atoms with van der Waals surface area (Å²) < 4.78 is 0. The van der Waals surface area contributed by atoms with E-state index in [-0.39, 0.29) is 18.2 Å². The molecule has 0 saturated carbocycles. The number of carbonyl (C=O) groups excluding carboxylic acids is 2. The lowest BCUT2D eigenvalue weighted by Gasteiger charge is -2.17. The van der Waals surface area contributed by atoms with Crippen LogP contribution in [0, 0.1) is 12.3 Å². The van der Waals surface area contributed by atoms with Gasteiger partial charge >= 0.3 is 0 Å². The van der Waals surface area contributed by atoms with E-state index in [0.717, 1.165) is 4.90 Å². The zero-order chi connectivity index (χ0) is 13.8. The molecular formula is C13H13N3O2S. The van der Waals surface area contributed by atoms with E-state index in [1.807, 2.05) is 6.07 Å². The zero-order valence-electron chi connectivity index (χ0n) is 10.1. The molecule has 19 heavy (non-hydrogen) atoms. The van der Waals surface area contributed by atoms with Gasteiger partial charge in [0, 0.05) is 17.0 Å². The molecule has 1 atom stereocenters. The molecule has 98 valence electrons. The Kier molecular flexibility index (Phi) is 4.10. The van der Waals surface area contributed by atoms with Crippen molar-refractivity contribution in [1.29, 1.82) is 0 Å². The summed E-state index contributed by atoms with van der Waals surface area (Å²) in [7, 11) is 0. The SMILES string of the molecule is C#CCC(N)C(=O)Nc1ccc2c(c1)NC(=O)CS2. The van der Waals surface area contributed by atoms with Crippen LogP contribution in [0.5, 0.6) is 0 Å². The first-order valence-corrected chi connectivity index (χ1v) is 6.65. The largest absolute Gasteiger partial charge is 0.325 e. The normalized spacial score (nSPS) is 14.8. The molecule has 1 aromatic carbocycles. The summed E-state index contributed by atoms with van der Waals surface area (Å²) in [5.74, 6) is 2.36. The van der Waals surface area contributed by atoms with Crippen molar-refractivity contribution in [2.24, 2.45) is 5.73 Å². The minimum atomic E-state index is -0.731. The molecule has 1 aliphatic heterocycles. The standard InChI is InChI=1S/C13H13N3O2S/c1-2-3-9(14)13(18)15-8-4-5-11-10(6-8)16-12(17)7-19-11/h1,4-6,9H,3,7,14H2,(H,15,18)(H,16,17). The van der Waals surface area contributed by atoms with Gasteiger partial charge in [0.15, 0.2) is 0 Å². The van der Waals surface area contributed by atoms with E-state index in [1.165, 1.54) is 11.8 Å². The number of rotatable bonds is 3. The predicted molar refractivity (Wildman–Crippen MR) is 75.9 cm³/mol. The summed E-state index contributed by atoms with van der Waals surface area (Å²) >= 11 is 1.46. The highest BCUT2D eigenvalue weighted by atomic mass is 32.2. The van der Waals surface area contributed by atoms with Gasteiger partial charge in [-0.15, -0.1) is 24.1 Å². The Balaban J connectivity index is 2.10. The molecule has 0 aromatic heterocycles. The summed E-state index contributed by atoms with van der Waals surface area (Å²) in [6.45, 7) is 0. The van der Waals surface area contributed by atoms with E-state index in [4.69, 9.17) is 12.2 Å². The maximum atomic E-state index is 11.7. The maximum Gasteiger partial charge on any atom is 0.242 e. The first kappa shape index (κ1) is 13.5. The van der Waals surface area contributed by atoms with Crippen LogP contribution in [0.25, 0.3) is 0 Å². The van der Waals surface area contributed by atoms with Crippen molar-refractivity contribution in [2.75, 3.05) is 16.4 Å². The van der Waals surface area contributed by atoms with Crippen LogP contribution in [0.4, 0.5) is 11.4 Å². The van der Waals surface area contributed by atoms with Crippen LogP contribution in [0.15, 0.2) is 23.1 Å². The fourth-order valence-corrected chi connectivity index (χ4v) is 2.40. The van der Waals surface area contributed by atoms with Crippen molar-refractivity contribution >= 4 is 35.0 Å². The van der Waals surface area contributed by atoms with Gasteiger partial charge in [-0.1, -0.05) is 0 Å². The second-order valence-electron chi connectivity index (χ2n) is 4.05. The first-order chi connectivity index (χ1) is 9.10. The second kappa shape index (κ2) is 5.78. The van der Waals surface area contributed by atoms with E-state index < -0.39 is 6.04 Å². The van der Waals surface area contributed by atoms with Gasteiger partial charge in [-0.25, -0.2) is 0 Å². The van der Waals surface area contributed by atoms with Crippen LogP contribution in [0.3, 0.4) is 0 Å². The fraction of sp³-hybridized carbons (Fsp3) is 0.231. The summed E-state index contributed by atoms with van der Waals surface area (Å²) in [6, 6.07) is 4.59. The quantitative estimate of drug-likeness (QED) is 0.719. The summed E-state index contributed by atoms with van der Waals surface area (Å²) in [6.07, 6.45) is 5.29. The Bertz CT molecular complexity index is 565. The van der Waals surface area contributed by atoms with Crippen LogP contribution < -0.4 is 16.4 Å². The number of carbonyl (C=O) groups is 2. The highest BCUT2D eigenvalue weighted by molar-refractivity contribution is 8.00. The van der Waals surface area contributed by atoms with Crippen molar-refractivity contribution < 1.29 is 9.59 Å². The van der Waals surface area contributed by atoms with Crippen LogP contribution >= 0.6 is 11.8 Å². The van der Waals surface area contributed by atoms with Crippen molar-refractivity contribution in [3.63, 3.8) is 0 Å². The van der Waals surface area contributed by atoms with Gasteiger partial charge in [0.1, 0.15) is 0 Å². The lowest BCUT2D eigenvalue weighted by Crippen LogP contribution is -2.35. The zero-order valence-corrected chi connectivity index (χ0v) is 10.9. The molecule has 5 nitrogen and oxygen atoms in total. The van der Waals surface area contributed by atoms with Crippen LogP contribution in [-0.2, 0) is 9.59 Å². The number of hydrogen-bond acceptors (Lipinski definition) is 4. The van der Waals surface area contributed by atoms with Crippen molar-refractivity contribution in [1.82, 2.24) is 0 Å². The smallest absolute Gasteiger partial charge is 0.242 e. The number of amides is 2. The molecule has 1 unspecified atom stereocenters. The Labute approximate surface area is 115 Å². The maximum absolute atomic E-state index is 11.7. The third-order valence-corrected chi connectivity index (χ3v) is 3.63. The fourth-order valence-electron chi connectivity index (χ4n) is 1.62. The molecule has 1 heterocycles. The molecule has 4 N–H and O–H groups in total. The predicted octanol–water partition coefficient (Wildman–Crippen LogP) is 1.02. The molecule has 1 aromatic rings. The average Bonchev–Trinajstić information content (AvgIpc) is 2.38. The molecule has 0 aliphatic carbocycles. The summed E-state index contributed by atoms with van der Waals surface area (Å²) in [4.78, 5) is 24.0. The second-order valence-corrected chi connectivity index (χ2v) is 5.07. The monoisotopic (exact) mass is 275 g/mol. The molecule has 1 aliphatic rings. The van der Waals surface area contributed by atoms with Gasteiger partial charge in [-0.05, 0) is 18.2 Å². The Morgan fingerprint density at radius 3 is 3.16 bits per heavy atom. The van der Waals surface area contributed by atoms with Gasteiger partial charge in [-0.2, -0.15) is 0 Å². The van der Waals surface area contributed by atoms with Gasteiger partial charge in [0.25, 0.3) is 0 Å². The molecule has 0 fully saturated rings. The third kappa shape index (κ3) is 3.28. The molecule has 0 radical (unpaired) electrons. The number of hydrogen-bond donors (Lipinski definition) is 3. The Morgan fingerprint density at radius 1 is 1.63 bits per heavy atom. The molecule has 0 spiro atoms. The van der Waals surface area contributed by atoms with E-state index >= 15 is 0 Å². The topological polar surface area (TPSA) is 84.2 Å². The lowest BCUT2D eigenvalue weighted by molar-refractivity contribution is -0.117. The third-order valence-electron chi connectivity index (χ3n) is 2.55. The van der Waals surface area contributed by atoms with Gasteiger partial charge in [0.05, 0.1) is 17.5 Å². The lowest BCUT2D eigenvalue weighted by atomic mass is 10.2. The van der Waals surface area contributed by atoms with Crippen LogP contribution in [-0.4, -0.2) is 23.6 Å². The van der Waals surface area contributed by atoms with E-state index in [2.05, 4.69) is 16.6 Å². The average molecular weight is 275 g/mol. The number of terminal acetylenes is 1. The Hall–Kier alpha value is -1.97. The van der Waals surface area contributed by atoms with Crippen LogP contribution in [0.1, 0.15) is 6.42 Å². The van der Waals surface area contributed by atoms with Gasteiger partial charge in [-0.3, -0.25) is 9.59 Å². The van der Waals surface area contributed by atoms with E-state index in [0.29, 0.717) is 17.1 Å². The number of fused-ring (bicyclic) bond motifs is 1. The van der Waals surface area contributed by atoms with E-state index in [1.54, 1.807) is 12.1 Å². The molecule has 2 rings (SSSR count). The highest BCUT2D eigenvalue weighted by Gasteiger charge is 2.17. The Morgan fingerprint density at radius 2 is 2.42 bits per heavy atom. The molecule has 0 bridgehead atoms. The first-order valence-electron chi connectivity index (χ1n) is 5.67. The molecule has 6 heteroatoms. The highest BCUT2D eigenvalue weighted by Crippen LogP contribution is 2.33. The molecular weight excluding hydrogens is 262 g/mol. The van der Waals surface area contributed by atoms with Crippen molar-refractivity contribution in [3.05, 3.63) is 18.2 Å². The number of nitrogens with two attached hydrogens (primary N) is 1. The number of nitrogens with one attached hydrogen (secondary N) is 2. The van der Waals surface area contributed by atoms with Crippen LogP contribution in [0.2, 0.25) is 0 Å². The van der Waals surface area contributed by atoms with Gasteiger partial charge < -0.3 is 16.4 Å². The minimum absolute atomic E-state index is 0.0509. The number of anilines is 2. The van der Waals surface area contributed by atoms with E-state index in [9.17, 15) is 9.59 Å². The number of thioether (sulfide) groups is 1.